The number of carbonyl (C=O) groups excluding carboxylic acids is 5. The largest absolute Gasteiger partial charge is 0.452 e. The molecule has 166 valence electrons. The average molecular weight is 478 g/mol. The quantitative estimate of drug-likeness (QED) is 0.503. The molecule has 0 bridgehead atoms. The Bertz CT molecular complexity index is 1150. The Morgan fingerprint density at radius 2 is 1.66 bits per heavy atom. The summed E-state index contributed by atoms with van der Waals surface area (Å²) >= 11 is 11.9. The number of hydrogen-bond donors (Lipinski definition) is 2. The van der Waals surface area contributed by atoms with Crippen LogP contribution in [0.3, 0.4) is 0 Å². The van der Waals surface area contributed by atoms with Gasteiger partial charge in [-0.3, -0.25) is 19.7 Å². The molecule has 2 N–H and O–H groups in total. The van der Waals surface area contributed by atoms with Gasteiger partial charge in [-0.05, 0) is 50.2 Å². The number of rotatable bonds is 5. The van der Waals surface area contributed by atoms with Crippen molar-refractivity contribution in [3.8, 4) is 0 Å². The smallest absolute Gasteiger partial charge is 0.338 e. The first-order chi connectivity index (χ1) is 15.1. The molecule has 0 spiro atoms. The lowest BCUT2D eigenvalue weighted by atomic mass is 10.1. The summed E-state index contributed by atoms with van der Waals surface area (Å²) in [6, 6.07) is 7.24. The maximum Gasteiger partial charge on any atom is 0.338 e. The van der Waals surface area contributed by atoms with Crippen LogP contribution in [-0.2, 0) is 9.53 Å². The van der Waals surface area contributed by atoms with Crippen LogP contribution in [0.25, 0.3) is 0 Å². The van der Waals surface area contributed by atoms with Gasteiger partial charge in [-0.1, -0.05) is 23.2 Å². The molecule has 0 atom stereocenters. The summed E-state index contributed by atoms with van der Waals surface area (Å²) < 4.78 is 4.89. The standard InChI is InChI=1S/C21H17Cl2N3O6/c1-10(2)24-21(31)25-17(27)9-32-20(30)11-3-5-13-14(7-11)19(29)26(18(13)28)12-4-6-15(22)16(23)8-12/h3-8,10H,9H2,1-2H3,(H2,24,25,27,31). The molecular formula is C21H17Cl2N3O6. The third-order valence-corrected chi connectivity index (χ3v) is 5.03. The summed E-state index contributed by atoms with van der Waals surface area (Å²) in [6.07, 6.45) is 0. The zero-order valence-electron chi connectivity index (χ0n) is 16.9. The molecule has 0 unspecified atom stereocenters. The van der Waals surface area contributed by atoms with Crippen LogP contribution in [0.15, 0.2) is 36.4 Å². The van der Waals surface area contributed by atoms with E-state index in [-0.39, 0.29) is 38.5 Å². The molecule has 11 heteroatoms. The maximum atomic E-state index is 12.8. The second-order valence-corrected chi connectivity index (χ2v) is 7.87. The van der Waals surface area contributed by atoms with Crippen molar-refractivity contribution in [2.24, 2.45) is 0 Å². The minimum Gasteiger partial charge on any atom is -0.452 e. The number of carbonyl (C=O) groups is 5. The number of halogens is 2. The van der Waals surface area contributed by atoms with E-state index in [0.717, 1.165) is 4.90 Å². The third kappa shape index (κ3) is 4.90. The fraction of sp³-hybridized carbons (Fsp3) is 0.190. The van der Waals surface area contributed by atoms with Gasteiger partial charge in [0.25, 0.3) is 17.7 Å². The number of fused-ring (bicyclic) bond motifs is 1. The van der Waals surface area contributed by atoms with Gasteiger partial charge in [0.1, 0.15) is 0 Å². The molecule has 1 aliphatic heterocycles. The monoisotopic (exact) mass is 477 g/mol. The van der Waals surface area contributed by atoms with Gasteiger partial charge in [0, 0.05) is 6.04 Å². The van der Waals surface area contributed by atoms with E-state index in [4.69, 9.17) is 27.9 Å². The first-order valence-electron chi connectivity index (χ1n) is 9.34. The number of imide groups is 2. The summed E-state index contributed by atoms with van der Waals surface area (Å²) in [7, 11) is 0. The highest BCUT2D eigenvalue weighted by Gasteiger charge is 2.37. The van der Waals surface area contributed by atoms with Crippen LogP contribution in [0, 0.1) is 0 Å². The predicted molar refractivity (Wildman–Crippen MR) is 116 cm³/mol. The number of amides is 5. The molecule has 32 heavy (non-hydrogen) atoms. The van der Waals surface area contributed by atoms with E-state index in [0.29, 0.717) is 0 Å². The molecule has 2 aromatic rings. The molecule has 3 rings (SSSR count). The van der Waals surface area contributed by atoms with Crippen molar-refractivity contribution < 1.29 is 28.7 Å². The van der Waals surface area contributed by atoms with Crippen molar-refractivity contribution in [1.29, 1.82) is 0 Å². The molecule has 0 saturated carbocycles. The van der Waals surface area contributed by atoms with Crippen LogP contribution in [0.2, 0.25) is 10.0 Å². The Kier molecular flexibility index (Phi) is 6.81. The molecule has 5 amide bonds. The summed E-state index contributed by atoms with van der Waals surface area (Å²) in [6.45, 7) is 2.73. The van der Waals surface area contributed by atoms with E-state index in [9.17, 15) is 24.0 Å². The number of nitrogens with one attached hydrogen (secondary N) is 2. The van der Waals surface area contributed by atoms with Crippen molar-refractivity contribution in [3.63, 3.8) is 0 Å². The van der Waals surface area contributed by atoms with Gasteiger partial charge in [-0.2, -0.15) is 0 Å². The molecule has 1 aliphatic rings. The lowest BCUT2D eigenvalue weighted by Crippen LogP contribution is -2.44. The molecule has 0 fully saturated rings. The Hall–Kier alpha value is -3.43. The number of anilines is 1. The normalized spacial score (nSPS) is 12.6. The minimum atomic E-state index is -0.902. The van der Waals surface area contributed by atoms with Crippen molar-refractivity contribution >= 4 is 58.6 Å². The van der Waals surface area contributed by atoms with Crippen molar-refractivity contribution in [2.75, 3.05) is 11.5 Å². The van der Waals surface area contributed by atoms with E-state index in [1.54, 1.807) is 13.8 Å². The van der Waals surface area contributed by atoms with Gasteiger partial charge >= 0.3 is 12.0 Å². The maximum absolute atomic E-state index is 12.8. The molecule has 2 aromatic carbocycles. The van der Waals surface area contributed by atoms with Gasteiger partial charge < -0.3 is 10.1 Å². The molecule has 9 nitrogen and oxygen atoms in total. The lowest BCUT2D eigenvalue weighted by molar-refractivity contribution is -0.123. The van der Waals surface area contributed by atoms with Gasteiger partial charge in [-0.15, -0.1) is 0 Å². The first-order valence-corrected chi connectivity index (χ1v) is 10.1. The molecular weight excluding hydrogens is 461 g/mol. The predicted octanol–water partition coefficient (Wildman–Crippen LogP) is 3.19. The fourth-order valence-corrected chi connectivity index (χ4v) is 3.19. The van der Waals surface area contributed by atoms with Crippen LogP contribution in [0.5, 0.6) is 0 Å². The number of urea groups is 1. The third-order valence-electron chi connectivity index (χ3n) is 4.29. The number of nitrogens with zero attached hydrogens (tertiary/aromatic N) is 1. The van der Waals surface area contributed by atoms with E-state index >= 15 is 0 Å². The van der Waals surface area contributed by atoms with Crippen molar-refractivity contribution in [3.05, 3.63) is 63.1 Å². The van der Waals surface area contributed by atoms with Gasteiger partial charge in [-0.25, -0.2) is 14.5 Å². The zero-order chi connectivity index (χ0) is 23.6. The molecule has 0 aliphatic carbocycles. The topological polar surface area (TPSA) is 122 Å². The van der Waals surface area contributed by atoms with Crippen LogP contribution in [0.4, 0.5) is 10.5 Å². The van der Waals surface area contributed by atoms with Gasteiger partial charge in [0.2, 0.25) is 0 Å². The highest BCUT2D eigenvalue weighted by atomic mass is 35.5. The molecule has 0 saturated heterocycles. The summed E-state index contributed by atoms with van der Waals surface area (Å²) in [5, 5.41) is 4.90. The highest BCUT2D eigenvalue weighted by Crippen LogP contribution is 2.33. The number of hydrogen-bond acceptors (Lipinski definition) is 6. The second-order valence-electron chi connectivity index (χ2n) is 7.06. The van der Waals surface area contributed by atoms with Crippen LogP contribution < -0.4 is 15.5 Å². The Morgan fingerprint density at radius 1 is 0.969 bits per heavy atom. The number of benzene rings is 2. The summed E-state index contributed by atoms with van der Waals surface area (Å²) in [5.41, 5.74) is 0.281. The average Bonchev–Trinajstić information content (AvgIpc) is 2.97. The van der Waals surface area contributed by atoms with E-state index in [1.807, 2.05) is 5.32 Å². The SMILES string of the molecule is CC(C)NC(=O)NC(=O)COC(=O)c1ccc2c(c1)C(=O)N(c1ccc(Cl)c(Cl)c1)C2=O. The first kappa shape index (κ1) is 23.2. The minimum absolute atomic E-state index is 0.00344. The van der Waals surface area contributed by atoms with Gasteiger partial charge in [0.15, 0.2) is 6.61 Å². The molecule has 1 heterocycles. The molecule has 0 radical (unpaired) electrons. The van der Waals surface area contributed by atoms with Gasteiger partial charge in [0.05, 0.1) is 32.4 Å². The zero-order valence-corrected chi connectivity index (χ0v) is 18.4. The second kappa shape index (κ2) is 9.37. The van der Waals surface area contributed by atoms with Crippen LogP contribution in [0.1, 0.15) is 44.9 Å². The fourth-order valence-electron chi connectivity index (χ4n) is 2.90. The Morgan fingerprint density at radius 3 is 2.31 bits per heavy atom. The molecule has 0 aromatic heterocycles. The summed E-state index contributed by atoms with van der Waals surface area (Å²) in [4.78, 5) is 61.9. The van der Waals surface area contributed by atoms with Crippen molar-refractivity contribution in [2.45, 2.75) is 19.9 Å². The van der Waals surface area contributed by atoms with E-state index in [2.05, 4.69) is 5.32 Å². The van der Waals surface area contributed by atoms with E-state index < -0.39 is 36.3 Å². The van der Waals surface area contributed by atoms with Crippen LogP contribution >= 0.6 is 23.2 Å². The lowest BCUT2D eigenvalue weighted by Gasteiger charge is -2.14. The highest BCUT2D eigenvalue weighted by molar-refractivity contribution is 6.42. The number of esters is 1. The number of ether oxygens (including phenoxy) is 1. The Labute approximate surface area is 192 Å². The van der Waals surface area contributed by atoms with Crippen molar-refractivity contribution in [1.82, 2.24) is 10.6 Å². The van der Waals surface area contributed by atoms with Crippen LogP contribution in [-0.4, -0.2) is 42.4 Å². The Balaban J connectivity index is 1.71. The van der Waals surface area contributed by atoms with E-state index in [1.165, 1.54) is 36.4 Å². The summed E-state index contributed by atoms with van der Waals surface area (Å²) in [5.74, 6) is -2.96.